The number of β-lactam (4-membered cyclic amide) rings is 1. The molecule has 0 saturated carbocycles. The normalized spacial score (nSPS) is 17.8. The quantitative estimate of drug-likeness (QED) is 0.158. The Morgan fingerprint density at radius 3 is 2.56 bits per heavy atom. The number of amides is 1. The molecule has 6 nitrogen and oxygen atoms in total. The minimum absolute atomic E-state index is 0.169. The van der Waals surface area contributed by atoms with E-state index < -0.39 is 17.0 Å². The van der Waals surface area contributed by atoms with Gasteiger partial charge in [0, 0.05) is 11.1 Å². The third kappa shape index (κ3) is 3.00. The van der Waals surface area contributed by atoms with Gasteiger partial charge in [0.15, 0.2) is 4.96 Å². The fourth-order valence-corrected chi connectivity index (χ4v) is 6.62. The van der Waals surface area contributed by atoms with E-state index in [0.29, 0.717) is 16.8 Å². The number of rotatable bonds is 3. The number of hydrogen-bond donors (Lipinski definition) is 0. The van der Waals surface area contributed by atoms with Gasteiger partial charge in [0.25, 0.3) is 0 Å². The molecule has 176 valence electrons. The average molecular weight is 512 g/mol. The van der Waals surface area contributed by atoms with Crippen LogP contribution in [0.5, 0.6) is 0 Å². The minimum Gasteiger partial charge on any atom is -0.422 e. The van der Waals surface area contributed by atoms with Crippen LogP contribution in [0.15, 0.2) is 88.1 Å². The molecule has 0 spiro atoms. The van der Waals surface area contributed by atoms with Gasteiger partial charge in [-0.25, -0.2) is 9.78 Å². The maximum absolute atomic E-state index is 13.3. The summed E-state index contributed by atoms with van der Waals surface area (Å²) in [6.45, 7) is 2.00. The van der Waals surface area contributed by atoms with E-state index in [4.69, 9.17) is 21.0 Å². The number of carbonyl (C=O) groups is 1. The van der Waals surface area contributed by atoms with Gasteiger partial charge in [-0.2, -0.15) is 0 Å². The van der Waals surface area contributed by atoms with Crippen LogP contribution in [0.3, 0.4) is 0 Å². The second-order valence-electron chi connectivity index (χ2n) is 8.91. The van der Waals surface area contributed by atoms with E-state index in [1.165, 1.54) is 11.3 Å². The predicted octanol–water partition coefficient (Wildman–Crippen LogP) is 6.33. The first-order valence-electron chi connectivity index (χ1n) is 11.5. The molecular formula is C28H18ClN3O3S. The van der Waals surface area contributed by atoms with Gasteiger partial charge >= 0.3 is 5.63 Å². The fourth-order valence-electron chi connectivity index (χ4n) is 4.92. The molecule has 36 heavy (non-hydrogen) atoms. The summed E-state index contributed by atoms with van der Waals surface area (Å²) in [7, 11) is 0. The highest BCUT2D eigenvalue weighted by atomic mass is 35.5. The lowest BCUT2D eigenvalue weighted by molar-refractivity contribution is -0.123. The van der Waals surface area contributed by atoms with Crippen molar-refractivity contribution in [3.8, 4) is 11.3 Å². The molecule has 2 unspecified atom stereocenters. The number of aryl methyl sites for hydroxylation is 1. The predicted molar refractivity (Wildman–Crippen MR) is 143 cm³/mol. The third-order valence-electron chi connectivity index (χ3n) is 6.69. The van der Waals surface area contributed by atoms with Crippen LogP contribution in [-0.2, 0) is 4.79 Å². The van der Waals surface area contributed by atoms with Gasteiger partial charge in [0.05, 0.1) is 33.2 Å². The number of thiazole rings is 1. The molecule has 7 rings (SSSR count). The van der Waals surface area contributed by atoms with Crippen molar-refractivity contribution in [3.63, 3.8) is 0 Å². The van der Waals surface area contributed by atoms with Gasteiger partial charge in [-0.1, -0.05) is 59.4 Å². The summed E-state index contributed by atoms with van der Waals surface area (Å²) in [5, 5.41) is 0.0523. The van der Waals surface area contributed by atoms with Gasteiger partial charge < -0.3 is 9.32 Å². The number of fused-ring (bicyclic) bond motifs is 4. The average Bonchev–Trinajstić information content (AvgIpc) is 3.42. The lowest BCUT2D eigenvalue weighted by Crippen LogP contribution is -2.56. The number of benzene rings is 3. The number of halogens is 1. The van der Waals surface area contributed by atoms with E-state index in [1.54, 1.807) is 11.0 Å². The molecule has 1 amide bonds. The lowest BCUT2D eigenvalue weighted by atomic mass is 9.95. The molecule has 8 heteroatoms. The summed E-state index contributed by atoms with van der Waals surface area (Å²) in [5.74, 6) is -0.169. The van der Waals surface area contributed by atoms with Crippen molar-refractivity contribution in [2.45, 2.75) is 18.3 Å². The molecule has 2 atom stereocenters. The molecule has 0 N–H and O–H groups in total. The summed E-state index contributed by atoms with van der Waals surface area (Å²) in [6, 6.07) is 24.4. The van der Waals surface area contributed by atoms with Crippen LogP contribution in [0.4, 0.5) is 5.69 Å². The van der Waals surface area contributed by atoms with Gasteiger partial charge in [-0.15, -0.1) is 11.6 Å². The van der Waals surface area contributed by atoms with E-state index in [2.05, 4.69) is 0 Å². The van der Waals surface area contributed by atoms with E-state index in [1.807, 2.05) is 84.1 Å². The standard InChI is InChI=1S/C28H18ClN3O3S/c1-15-10-12-17(13-11-15)31-24(22(29)26(31)33)25-23(18-14-16-6-2-5-9-21(16)35-27(18)34)32-20-8-4-3-7-19(20)30-28(32)36-25/h2-14,22,24H,1H3. The SMILES string of the molecule is Cc1ccc(N2C(=O)C(Cl)C2c2sc3nc4ccccc4n3c2-c2cc3ccccc3oc2=O)cc1. The molecular weight excluding hydrogens is 494 g/mol. The van der Waals surface area contributed by atoms with Crippen molar-refractivity contribution >= 4 is 61.5 Å². The number of para-hydroxylation sites is 3. The molecule has 4 heterocycles. The summed E-state index contributed by atoms with van der Waals surface area (Å²) in [6.07, 6.45) is 0. The zero-order valence-electron chi connectivity index (χ0n) is 19.0. The van der Waals surface area contributed by atoms with Gasteiger partial charge in [0.2, 0.25) is 5.91 Å². The van der Waals surface area contributed by atoms with Crippen LogP contribution < -0.4 is 10.5 Å². The van der Waals surface area contributed by atoms with Crippen molar-refractivity contribution < 1.29 is 9.21 Å². The maximum atomic E-state index is 13.3. The first-order valence-corrected chi connectivity index (χ1v) is 12.7. The van der Waals surface area contributed by atoms with Crippen molar-refractivity contribution in [2.75, 3.05) is 4.90 Å². The monoisotopic (exact) mass is 511 g/mol. The summed E-state index contributed by atoms with van der Waals surface area (Å²) in [4.78, 5) is 34.4. The Hall–Kier alpha value is -3.94. The molecule has 3 aromatic carbocycles. The number of hydrogen-bond acceptors (Lipinski definition) is 5. The Morgan fingerprint density at radius 1 is 0.972 bits per heavy atom. The summed E-state index contributed by atoms with van der Waals surface area (Å²) in [5.41, 5.74) is 4.69. The molecule has 6 aromatic rings. The number of imidazole rings is 1. The Morgan fingerprint density at radius 2 is 1.72 bits per heavy atom. The van der Waals surface area contributed by atoms with Gasteiger partial charge in [0.1, 0.15) is 11.0 Å². The van der Waals surface area contributed by atoms with E-state index in [0.717, 1.165) is 37.5 Å². The van der Waals surface area contributed by atoms with E-state index in [9.17, 15) is 9.59 Å². The zero-order valence-corrected chi connectivity index (χ0v) is 20.6. The molecule has 0 aliphatic carbocycles. The molecule has 1 saturated heterocycles. The largest absolute Gasteiger partial charge is 0.422 e. The molecule has 1 aliphatic heterocycles. The molecule has 1 aliphatic rings. The number of carbonyl (C=O) groups excluding carboxylic acids is 1. The number of alkyl halides is 1. The Labute approximate surface area is 214 Å². The molecule has 1 fully saturated rings. The van der Waals surface area contributed by atoms with Gasteiger partial charge in [-0.05, 0) is 43.3 Å². The van der Waals surface area contributed by atoms with Crippen molar-refractivity contribution in [1.82, 2.24) is 9.38 Å². The van der Waals surface area contributed by atoms with Crippen molar-refractivity contribution in [3.05, 3.63) is 99.7 Å². The number of aromatic nitrogens is 2. The Bertz CT molecular complexity index is 1890. The number of nitrogens with zero attached hydrogens (tertiary/aromatic N) is 3. The van der Waals surface area contributed by atoms with Crippen LogP contribution in [0.1, 0.15) is 16.5 Å². The highest BCUT2D eigenvalue weighted by Crippen LogP contribution is 2.48. The van der Waals surface area contributed by atoms with E-state index in [-0.39, 0.29) is 5.91 Å². The second kappa shape index (κ2) is 7.78. The lowest BCUT2D eigenvalue weighted by Gasteiger charge is -2.44. The highest BCUT2D eigenvalue weighted by molar-refractivity contribution is 7.17. The Kier molecular flexibility index (Phi) is 4.61. The zero-order chi connectivity index (χ0) is 24.6. The third-order valence-corrected chi connectivity index (χ3v) is 8.23. The van der Waals surface area contributed by atoms with Crippen LogP contribution in [0.2, 0.25) is 0 Å². The summed E-state index contributed by atoms with van der Waals surface area (Å²) >= 11 is 8.11. The Balaban J connectivity index is 1.53. The van der Waals surface area contributed by atoms with Crippen molar-refractivity contribution in [1.29, 1.82) is 0 Å². The second-order valence-corrected chi connectivity index (χ2v) is 10.4. The van der Waals surface area contributed by atoms with Crippen LogP contribution in [0, 0.1) is 6.92 Å². The van der Waals surface area contributed by atoms with Crippen LogP contribution >= 0.6 is 22.9 Å². The first kappa shape index (κ1) is 21.4. The minimum atomic E-state index is -0.757. The van der Waals surface area contributed by atoms with Crippen molar-refractivity contribution in [2.24, 2.45) is 0 Å². The molecule has 3 aromatic heterocycles. The van der Waals surface area contributed by atoms with Crippen LogP contribution in [-0.4, -0.2) is 20.7 Å². The fraction of sp³-hybridized carbons (Fsp3) is 0.107. The maximum Gasteiger partial charge on any atom is 0.345 e. The highest BCUT2D eigenvalue weighted by Gasteiger charge is 2.50. The molecule has 0 bridgehead atoms. The smallest absolute Gasteiger partial charge is 0.345 e. The molecule has 0 radical (unpaired) electrons. The topological polar surface area (TPSA) is 67.8 Å². The van der Waals surface area contributed by atoms with Crippen LogP contribution in [0.25, 0.3) is 38.2 Å². The van der Waals surface area contributed by atoms with E-state index >= 15 is 0 Å². The first-order chi connectivity index (χ1) is 17.5. The number of anilines is 1. The van der Waals surface area contributed by atoms with Gasteiger partial charge in [-0.3, -0.25) is 9.20 Å². The summed E-state index contributed by atoms with van der Waals surface area (Å²) < 4.78 is 7.70.